The lowest BCUT2D eigenvalue weighted by atomic mass is 9.92. The van der Waals surface area contributed by atoms with Gasteiger partial charge in [0.15, 0.2) is 0 Å². The molecule has 1 saturated heterocycles. The first kappa shape index (κ1) is 24.4. The highest BCUT2D eigenvalue weighted by Gasteiger charge is 2.46. The van der Waals surface area contributed by atoms with Gasteiger partial charge in [-0.1, -0.05) is 58.4 Å². The number of ether oxygens (including phenoxy) is 1. The van der Waals surface area contributed by atoms with Crippen LogP contribution in [0.2, 0.25) is 0 Å². The monoisotopic (exact) mass is 533 g/mol. The Labute approximate surface area is 212 Å². The zero-order chi connectivity index (χ0) is 25.3. The van der Waals surface area contributed by atoms with Crippen LogP contribution in [-0.2, 0) is 20.9 Å². The molecule has 1 amide bonds. The first-order chi connectivity index (χ1) is 16.7. The number of aliphatic hydroxyl groups excluding tert-OH is 1. The number of carbonyl (C=O) groups is 3. The van der Waals surface area contributed by atoms with Gasteiger partial charge in [0.05, 0.1) is 24.3 Å². The molecule has 1 heterocycles. The summed E-state index contributed by atoms with van der Waals surface area (Å²) >= 11 is 3.45. The lowest BCUT2D eigenvalue weighted by Gasteiger charge is -2.26. The number of aliphatic hydroxyl groups is 1. The fourth-order valence-corrected chi connectivity index (χ4v) is 4.51. The second-order valence-corrected chi connectivity index (χ2v) is 9.29. The van der Waals surface area contributed by atoms with Crippen LogP contribution in [0.1, 0.15) is 44.2 Å². The molecule has 0 radical (unpaired) electrons. The number of hydrogen-bond acceptors (Lipinski definition) is 5. The van der Waals surface area contributed by atoms with E-state index in [9.17, 15) is 19.5 Å². The third kappa shape index (κ3) is 4.64. The fraction of sp³-hybridized carbons (Fsp3) is 0.179. The molecule has 1 N–H and O–H groups in total. The Morgan fingerprint density at radius 1 is 0.971 bits per heavy atom. The maximum Gasteiger partial charge on any atom is 0.337 e. The molecule has 178 valence electrons. The number of amides is 1. The van der Waals surface area contributed by atoms with Crippen molar-refractivity contribution in [2.75, 3.05) is 7.11 Å². The molecule has 6 nitrogen and oxygen atoms in total. The number of aryl methyl sites for hydroxylation is 2. The summed E-state index contributed by atoms with van der Waals surface area (Å²) in [6.07, 6.45) is 0. The normalized spacial score (nSPS) is 17.0. The molecule has 0 bridgehead atoms. The van der Waals surface area contributed by atoms with Crippen LogP contribution in [0.15, 0.2) is 76.8 Å². The Kier molecular flexibility index (Phi) is 6.89. The van der Waals surface area contributed by atoms with Gasteiger partial charge in [0, 0.05) is 16.6 Å². The first-order valence-electron chi connectivity index (χ1n) is 11.0. The number of esters is 1. The summed E-state index contributed by atoms with van der Waals surface area (Å²) in [5.41, 5.74) is 4.18. The highest BCUT2D eigenvalue weighted by Crippen LogP contribution is 2.41. The number of nitrogens with zero attached hydrogens (tertiary/aromatic N) is 1. The van der Waals surface area contributed by atoms with Gasteiger partial charge in [-0.25, -0.2) is 4.79 Å². The lowest BCUT2D eigenvalue weighted by Crippen LogP contribution is -2.29. The Balaban J connectivity index is 1.82. The van der Waals surface area contributed by atoms with Crippen molar-refractivity contribution in [3.63, 3.8) is 0 Å². The summed E-state index contributed by atoms with van der Waals surface area (Å²) in [6.45, 7) is 3.92. The van der Waals surface area contributed by atoms with Gasteiger partial charge in [-0.2, -0.15) is 0 Å². The fourth-order valence-electron chi connectivity index (χ4n) is 4.27. The molecule has 3 aromatic carbocycles. The van der Waals surface area contributed by atoms with Crippen molar-refractivity contribution in [2.45, 2.75) is 26.4 Å². The van der Waals surface area contributed by atoms with Gasteiger partial charge in [-0.05, 0) is 60.4 Å². The highest BCUT2D eigenvalue weighted by atomic mass is 79.9. The minimum atomic E-state index is -0.763. The largest absolute Gasteiger partial charge is 0.507 e. The zero-order valence-electron chi connectivity index (χ0n) is 19.5. The molecule has 1 unspecified atom stereocenters. The van der Waals surface area contributed by atoms with Gasteiger partial charge < -0.3 is 14.7 Å². The molecule has 1 atom stereocenters. The van der Waals surface area contributed by atoms with E-state index in [-0.39, 0.29) is 17.9 Å². The molecule has 1 aliphatic rings. The summed E-state index contributed by atoms with van der Waals surface area (Å²) in [4.78, 5) is 39.7. The Bertz CT molecular complexity index is 1360. The summed E-state index contributed by atoms with van der Waals surface area (Å²) < 4.78 is 5.62. The average Bonchev–Trinajstić information content (AvgIpc) is 3.10. The molecule has 4 rings (SSSR count). The predicted octanol–water partition coefficient (Wildman–Crippen LogP) is 5.47. The van der Waals surface area contributed by atoms with Gasteiger partial charge in [0.25, 0.3) is 11.7 Å². The van der Waals surface area contributed by atoms with Crippen LogP contribution in [0.3, 0.4) is 0 Å². The van der Waals surface area contributed by atoms with Crippen molar-refractivity contribution < 1.29 is 24.2 Å². The smallest absolute Gasteiger partial charge is 0.337 e. The molecule has 3 aromatic rings. The van der Waals surface area contributed by atoms with E-state index in [0.717, 1.165) is 26.7 Å². The molecule has 1 aliphatic heterocycles. The van der Waals surface area contributed by atoms with E-state index < -0.39 is 23.7 Å². The molecular formula is C28H24BrNO5. The van der Waals surface area contributed by atoms with Gasteiger partial charge in [0.2, 0.25) is 0 Å². The highest BCUT2D eigenvalue weighted by molar-refractivity contribution is 9.10. The average molecular weight is 534 g/mol. The Morgan fingerprint density at radius 3 is 2.26 bits per heavy atom. The Morgan fingerprint density at radius 2 is 1.63 bits per heavy atom. The standard InChI is InChI=1S/C28H24BrNO5/c1-16-6-4-5-7-21(16)24-23(25(31)20-12-13-22(29)17(2)14-20)26(32)27(33)30(24)15-18-8-10-19(11-9-18)28(34)35-3/h4-14,24,31H,15H2,1-3H3/b25-23+. The van der Waals surface area contributed by atoms with E-state index in [0.29, 0.717) is 11.1 Å². The van der Waals surface area contributed by atoms with Gasteiger partial charge in [0.1, 0.15) is 5.76 Å². The van der Waals surface area contributed by atoms with E-state index in [4.69, 9.17) is 4.74 Å². The van der Waals surface area contributed by atoms with Crippen molar-refractivity contribution in [2.24, 2.45) is 0 Å². The van der Waals surface area contributed by atoms with E-state index >= 15 is 0 Å². The second-order valence-electron chi connectivity index (χ2n) is 8.44. The lowest BCUT2D eigenvalue weighted by molar-refractivity contribution is -0.140. The first-order valence-corrected chi connectivity index (χ1v) is 11.8. The molecule has 35 heavy (non-hydrogen) atoms. The minimum Gasteiger partial charge on any atom is -0.507 e. The third-order valence-corrected chi connectivity index (χ3v) is 7.07. The second kappa shape index (κ2) is 9.88. The topological polar surface area (TPSA) is 83.9 Å². The quantitative estimate of drug-likeness (QED) is 0.203. The van der Waals surface area contributed by atoms with Gasteiger partial charge in [-0.15, -0.1) is 0 Å². The molecule has 0 saturated carbocycles. The van der Waals surface area contributed by atoms with Crippen molar-refractivity contribution in [1.82, 2.24) is 4.90 Å². The molecule has 0 aliphatic carbocycles. The van der Waals surface area contributed by atoms with E-state index in [1.165, 1.54) is 12.0 Å². The summed E-state index contributed by atoms with van der Waals surface area (Å²) in [7, 11) is 1.31. The van der Waals surface area contributed by atoms with Crippen LogP contribution in [0, 0.1) is 13.8 Å². The molecule has 0 aromatic heterocycles. The number of benzene rings is 3. The predicted molar refractivity (Wildman–Crippen MR) is 136 cm³/mol. The van der Waals surface area contributed by atoms with Crippen molar-refractivity contribution in [1.29, 1.82) is 0 Å². The van der Waals surface area contributed by atoms with Gasteiger partial charge >= 0.3 is 5.97 Å². The van der Waals surface area contributed by atoms with Crippen LogP contribution in [0.4, 0.5) is 0 Å². The van der Waals surface area contributed by atoms with Gasteiger partial charge in [-0.3, -0.25) is 9.59 Å². The number of ketones is 1. The molecule has 1 fully saturated rings. The van der Waals surface area contributed by atoms with Crippen molar-refractivity contribution in [3.05, 3.63) is 110 Å². The Hall–Kier alpha value is -3.71. The van der Waals surface area contributed by atoms with Crippen LogP contribution in [-0.4, -0.2) is 34.8 Å². The zero-order valence-corrected chi connectivity index (χ0v) is 21.1. The maximum absolute atomic E-state index is 13.3. The minimum absolute atomic E-state index is 0.0530. The van der Waals surface area contributed by atoms with Crippen LogP contribution >= 0.6 is 15.9 Å². The van der Waals surface area contributed by atoms with E-state index in [1.807, 2.05) is 38.1 Å². The number of hydrogen-bond donors (Lipinski definition) is 1. The SMILES string of the molecule is COC(=O)c1ccc(CN2C(=O)C(=O)/C(=C(/O)c3ccc(Br)c(C)c3)C2c2ccccc2C)cc1. The number of Topliss-reactive ketones (excluding diaryl/α,β-unsaturated/α-hetero) is 1. The summed E-state index contributed by atoms with van der Waals surface area (Å²) in [6, 6.07) is 18.7. The summed E-state index contributed by atoms with van der Waals surface area (Å²) in [5, 5.41) is 11.3. The number of halogens is 1. The van der Waals surface area contributed by atoms with Crippen LogP contribution in [0.5, 0.6) is 0 Å². The number of carbonyl (C=O) groups excluding carboxylic acids is 3. The third-order valence-electron chi connectivity index (χ3n) is 6.18. The maximum atomic E-state index is 13.3. The van der Waals surface area contributed by atoms with Crippen molar-refractivity contribution >= 4 is 39.3 Å². The van der Waals surface area contributed by atoms with Crippen molar-refractivity contribution in [3.8, 4) is 0 Å². The number of rotatable bonds is 5. The molecular weight excluding hydrogens is 510 g/mol. The number of likely N-dealkylation sites (tertiary alicyclic amines) is 1. The van der Waals surface area contributed by atoms with E-state index in [2.05, 4.69) is 15.9 Å². The molecule has 0 spiro atoms. The van der Waals surface area contributed by atoms with Crippen LogP contribution < -0.4 is 0 Å². The van der Waals surface area contributed by atoms with E-state index in [1.54, 1.807) is 42.5 Å². The number of methoxy groups -OCH3 is 1. The molecule has 7 heteroatoms. The summed E-state index contributed by atoms with van der Waals surface area (Å²) in [5.74, 6) is -2.09. The van der Waals surface area contributed by atoms with Crippen LogP contribution in [0.25, 0.3) is 5.76 Å².